The van der Waals surface area contributed by atoms with E-state index in [9.17, 15) is 17.6 Å². The Morgan fingerprint density at radius 2 is 1.92 bits per heavy atom. The Kier molecular flexibility index (Phi) is 3.84. The maximum atomic E-state index is 13.1. The third-order valence-electron chi connectivity index (χ3n) is 3.73. The van der Waals surface area contributed by atoms with E-state index in [1.54, 1.807) is 12.1 Å². The van der Waals surface area contributed by atoms with Gasteiger partial charge in [0.25, 0.3) is 10.0 Å². The molecule has 0 fully saturated rings. The van der Waals surface area contributed by atoms with Gasteiger partial charge in [-0.3, -0.25) is 4.79 Å². The van der Waals surface area contributed by atoms with Gasteiger partial charge in [0.1, 0.15) is 5.82 Å². The number of hydrogen-bond acceptors (Lipinski definition) is 4. The number of aliphatic carboxylic acids is 1. The van der Waals surface area contributed by atoms with E-state index in [-0.39, 0.29) is 22.7 Å². The van der Waals surface area contributed by atoms with E-state index in [0.717, 1.165) is 28.2 Å². The molecule has 0 saturated carbocycles. The number of carboxylic acids is 1. The molecule has 0 atom stereocenters. The van der Waals surface area contributed by atoms with Crippen molar-refractivity contribution in [3.05, 3.63) is 59.7 Å². The highest BCUT2D eigenvalue weighted by atomic mass is 32.2. The molecular formula is C16H13FN2O4S. The van der Waals surface area contributed by atoms with Crippen LogP contribution in [0.4, 0.5) is 4.39 Å². The summed E-state index contributed by atoms with van der Waals surface area (Å²) >= 11 is 0. The fourth-order valence-corrected chi connectivity index (χ4v) is 4.19. The fraction of sp³-hybridized carbons (Fsp3) is 0.125. The van der Waals surface area contributed by atoms with Crippen LogP contribution in [0.2, 0.25) is 0 Å². The van der Waals surface area contributed by atoms with E-state index in [4.69, 9.17) is 5.11 Å². The van der Waals surface area contributed by atoms with Crippen molar-refractivity contribution in [3.63, 3.8) is 0 Å². The maximum Gasteiger partial charge on any atom is 0.307 e. The number of aromatic nitrogens is 2. The van der Waals surface area contributed by atoms with E-state index in [1.165, 1.54) is 13.1 Å². The lowest BCUT2D eigenvalue weighted by atomic mass is 10.1. The smallest absolute Gasteiger partial charge is 0.307 e. The highest BCUT2D eigenvalue weighted by molar-refractivity contribution is 7.90. The normalized spacial score (nSPS) is 11.8. The summed E-state index contributed by atoms with van der Waals surface area (Å²) in [4.78, 5) is 15.1. The zero-order valence-corrected chi connectivity index (χ0v) is 13.4. The minimum Gasteiger partial charge on any atom is -0.481 e. The Balaban J connectivity index is 2.31. The minimum absolute atomic E-state index is 0.101. The number of nitrogens with zero attached hydrogens (tertiary/aromatic N) is 2. The first-order valence-electron chi connectivity index (χ1n) is 7.00. The van der Waals surface area contributed by atoms with Crippen LogP contribution in [-0.4, -0.2) is 28.5 Å². The quantitative estimate of drug-likeness (QED) is 0.782. The van der Waals surface area contributed by atoms with Crippen LogP contribution in [0, 0.1) is 12.7 Å². The molecule has 2 heterocycles. The number of pyridine rings is 1. The van der Waals surface area contributed by atoms with Crippen molar-refractivity contribution in [2.24, 2.45) is 0 Å². The summed E-state index contributed by atoms with van der Waals surface area (Å²) in [6.07, 6.45) is 1.11. The van der Waals surface area contributed by atoms with Crippen LogP contribution in [-0.2, 0) is 21.2 Å². The number of halogens is 1. The Morgan fingerprint density at radius 3 is 2.54 bits per heavy atom. The summed E-state index contributed by atoms with van der Waals surface area (Å²) in [7, 11) is -4.03. The van der Waals surface area contributed by atoms with E-state index < -0.39 is 21.8 Å². The van der Waals surface area contributed by atoms with E-state index in [1.807, 2.05) is 0 Å². The molecule has 24 heavy (non-hydrogen) atoms. The molecular weight excluding hydrogens is 335 g/mol. The molecule has 6 nitrogen and oxygen atoms in total. The maximum absolute atomic E-state index is 13.1. The van der Waals surface area contributed by atoms with Crippen molar-refractivity contribution in [1.82, 2.24) is 8.96 Å². The van der Waals surface area contributed by atoms with Crippen molar-refractivity contribution < 1.29 is 22.7 Å². The van der Waals surface area contributed by atoms with E-state index >= 15 is 0 Å². The molecule has 0 aliphatic rings. The Morgan fingerprint density at radius 1 is 1.25 bits per heavy atom. The molecule has 0 aliphatic carbocycles. The van der Waals surface area contributed by atoms with Gasteiger partial charge in [0.05, 0.1) is 11.3 Å². The average Bonchev–Trinajstić information content (AvgIpc) is 2.80. The van der Waals surface area contributed by atoms with Gasteiger partial charge < -0.3 is 5.11 Å². The molecule has 0 saturated heterocycles. The molecule has 3 rings (SSSR count). The highest BCUT2D eigenvalue weighted by Gasteiger charge is 2.26. The first-order chi connectivity index (χ1) is 11.3. The number of rotatable bonds is 4. The molecule has 0 spiro atoms. The summed E-state index contributed by atoms with van der Waals surface area (Å²) in [5.74, 6) is -1.62. The zero-order valence-electron chi connectivity index (χ0n) is 12.6. The van der Waals surface area contributed by atoms with Gasteiger partial charge in [-0.05, 0) is 48.9 Å². The predicted octanol–water partition coefficient (Wildman–Crippen LogP) is 2.35. The molecule has 0 radical (unpaired) electrons. The molecule has 3 aromatic rings. The van der Waals surface area contributed by atoms with Gasteiger partial charge in [0, 0.05) is 17.3 Å². The van der Waals surface area contributed by atoms with Crippen LogP contribution in [0.1, 0.15) is 11.3 Å². The lowest BCUT2D eigenvalue weighted by molar-refractivity contribution is -0.136. The Bertz CT molecular complexity index is 1040. The van der Waals surface area contributed by atoms with Crippen LogP contribution >= 0.6 is 0 Å². The lowest BCUT2D eigenvalue weighted by Crippen LogP contribution is -2.15. The molecule has 0 bridgehead atoms. The van der Waals surface area contributed by atoms with Crippen molar-refractivity contribution in [1.29, 1.82) is 0 Å². The van der Waals surface area contributed by atoms with Crippen molar-refractivity contribution in [3.8, 4) is 0 Å². The molecule has 0 aliphatic heterocycles. The van der Waals surface area contributed by atoms with Crippen molar-refractivity contribution >= 4 is 27.0 Å². The van der Waals surface area contributed by atoms with Gasteiger partial charge in [-0.1, -0.05) is 0 Å². The van der Waals surface area contributed by atoms with Crippen LogP contribution in [0.5, 0.6) is 0 Å². The first kappa shape index (κ1) is 16.1. The summed E-state index contributed by atoms with van der Waals surface area (Å²) in [5.41, 5.74) is 0.808. The molecule has 124 valence electrons. The summed E-state index contributed by atoms with van der Waals surface area (Å²) in [6, 6.07) is 7.68. The summed E-state index contributed by atoms with van der Waals surface area (Å²) in [6.45, 7) is 1.53. The number of fused-ring (bicyclic) bond motifs is 1. The number of hydrogen-bond donors (Lipinski definition) is 1. The van der Waals surface area contributed by atoms with E-state index in [0.29, 0.717) is 10.9 Å². The third kappa shape index (κ3) is 2.54. The second-order valence-electron chi connectivity index (χ2n) is 5.23. The second kappa shape index (κ2) is 5.72. The second-order valence-corrected chi connectivity index (χ2v) is 7.02. The largest absolute Gasteiger partial charge is 0.481 e. The number of carboxylic acid groups (broad SMARTS) is 1. The molecule has 8 heteroatoms. The van der Waals surface area contributed by atoms with Crippen LogP contribution in [0.15, 0.2) is 47.5 Å². The van der Waals surface area contributed by atoms with Crippen LogP contribution < -0.4 is 0 Å². The molecule has 0 amide bonds. The summed E-state index contributed by atoms with van der Waals surface area (Å²) in [5, 5.41) is 9.55. The molecule has 2 aromatic heterocycles. The number of carbonyl (C=O) groups is 1. The predicted molar refractivity (Wildman–Crippen MR) is 84.8 cm³/mol. The lowest BCUT2D eigenvalue weighted by Gasteiger charge is -2.09. The monoisotopic (exact) mass is 348 g/mol. The van der Waals surface area contributed by atoms with Gasteiger partial charge in [-0.2, -0.15) is 0 Å². The average molecular weight is 348 g/mol. The van der Waals surface area contributed by atoms with Crippen molar-refractivity contribution in [2.75, 3.05) is 0 Å². The zero-order chi connectivity index (χ0) is 17.5. The summed E-state index contributed by atoms with van der Waals surface area (Å²) < 4.78 is 39.9. The van der Waals surface area contributed by atoms with Gasteiger partial charge in [-0.25, -0.2) is 21.8 Å². The highest BCUT2D eigenvalue weighted by Crippen LogP contribution is 2.29. The van der Waals surface area contributed by atoms with E-state index in [2.05, 4.69) is 4.98 Å². The van der Waals surface area contributed by atoms with Crippen LogP contribution in [0.25, 0.3) is 11.0 Å². The first-order valence-corrected chi connectivity index (χ1v) is 8.44. The van der Waals surface area contributed by atoms with Gasteiger partial charge in [0.2, 0.25) is 0 Å². The fourth-order valence-electron chi connectivity index (χ4n) is 2.65. The number of benzene rings is 1. The minimum atomic E-state index is -4.03. The molecule has 1 N–H and O–H groups in total. The van der Waals surface area contributed by atoms with Gasteiger partial charge in [-0.15, -0.1) is 0 Å². The topological polar surface area (TPSA) is 89.3 Å². The molecule has 1 aromatic carbocycles. The van der Waals surface area contributed by atoms with Gasteiger partial charge >= 0.3 is 5.97 Å². The standard InChI is InChI=1S/C16H13FN2O4S/c1-10-14(9-15(20)21)13-3-2-8-18-16(13)19(10)24(22,23)12-6-4-11(17)5-7-12/h2-8H,9H2,1H3,(H,20,21). The van der Waals surface area contributed by atoms with Crippen molar-refractivity contribution in [2.45, 2.75) is 18.2 Å². The Hall–Kier alpha value is -2.74. The van der Waals surface area contributed by atoms with Gasteiger partial charge in [0.15, 0.2) is 5.65 Å². The Labute approximate surface area is 137 Å². The van der Waals surface area contributed by atoms with Crippen LogP contribution in [0.3, 0.4) is 0 Å². The SMILES string of the molecule is Cc1c(CC(=O)O)c2cccnc2n1S(=O)(=O)c1ccc(F)cc1. The molecule has 0 unspecified atom stereocenters. The third-order valence-corrected chi connectivity index (χ3v) is 5.52.